The summed E-state index contributed by atoms with van der Waals surface area (Å²) in [5.74, 6) is 0.415. The van der Waals surface area contributed by atoms with Gasteiger partial charge in [0.25, 0.3) is 0 Å². The van der Waals surface area contributed by atoms with Crippen molar-refractivity contribution in [3.8, 4) is 0 Å². The van der Waals surface area contributed by atoms with Crippen LogP contribution in [0.4, 0.5) is 4.79 Å². The lowest BCUT2D eigenvalue weighted by molar-refractivity contribution is -0.121. The number of benzene rings is 1. The molecule has 1 aliphatic heterocycles. The first kappa shape index (κ1) is 21.5. The maximum absolute atomic E-state index is 12.3. The van der Waals surface area contributed by atoms with Crippen molar-refractivity contribution in [1.29, 1.82) is 0 Å². The van der Waals surface area contributed by atoms with Crippen molar-refractivity contribution in [2.45, 2.75) is 63.4 Å². The monoisotopic (exact) mass is 404 g/mol. The number of hydrogen-bond acceptors (Lipinski definition) is 6. The maximum atomic E-state index is 12.3. The zero-order valence-electron chi connectivity index (χ0n) is 17.1. The summed E-state index contributed by atoms with van der Waals surface area (Å²) in [6, 6.07) is 9.89. The number of hydrazine groups is 1. The van der Waals surface area contributed by atoms with Gasteiger partial charge < -0.3 is 20.1 Å². The predicted octanol–water partition coefficient (Wildman–Crippen LogP) is 1.47. The highest BCUT2D eigenvalue weighted by Crippen LogP contribution is 2.32. The van der Waals surface area contributed by atoms with Crippen molar-refractivity contribution in [1.82, 2.24) is 21.5 Å². The molecule has 8 heteroatoms. The summed E-state index contributed by atoms with van der Waals surface area (Å²) in [5.41, 5.74) is 7.48. The Morgan fingerprint density at radius 2 is 1.97 bits per heavy atom. The molecule has 3 rings (SSSR count). The van der Waals surface area contributed by atoms with Gasteiger partial charge in [-0.2, -0.15) is 0 Å². The number of carbonyl (C=O) groups is 2. The molecule has 2 unspecified atom stereocenters. The van der Waals surface area contributed by atoms with Crippen LogP contribution in [0.1, 0.15) is 38.2 Å². The average molecular weight is 405 g/mol. The number of methoxy groups -OCH3 is 1. The van der Waals surface area contributed by atoms with Gasteiger partial charge in [-0.15, -0.1) is 0 Å². The van der Waals surface area contributed by atoms with E-state index in [0.717, 1.165) is 31.2 Å². The third-order valence-electron chi connectivity index (χ3n) is 5.52. The van der Waals surface area contributed by atoms with E-state index in [-0.39, 0.29) is 36.4 Å². The lowest BCUT2D eigenvalue weighted by atomic mass is 9.96. The summed E-state index contributed by atoms with van der Waals surface area (Å²) in [4.78, 5) is 24.2. The predicted molar refractivity (Wildman–Crippen MR) is 109 cm³/mol. The molecular formula is C21H32N4O4. The molecule has 8 nitrogen and oxygen atoms in total. The van der Waals surface area contributed by atoms with Crippen LogP contribution < -0.4 is 21.5 Å². The van der Waals surface area contributed by atoms with E-state index >= 15 is 0 Å². The molecule has 0 spiro atoms. The molecule has 1 heterocycles. The number of hydrogen-bond donors (Lipinski definition) is 4. The van der Waals surface area contributed by atoms with Crippen LogP contribution in [0, 0.1) is 5.92 Å². The Labute approximate surface area is 172 Å². The minimum Gasteiger partial charge on any atom is -0.446 e. The van der Waals surface area contributed by atoms with Gasteiger partial charge in [0.2, 0.25) is 5.91 Å². The molecule has 1 aromatic rings. The standard InChI is InChI=1S/C21H32N4O4/c1-14(13-28-2)22-21(27)29-17-9-8-16(11-17)18-12-19(25-24-18)23-20(26)10-15-6-4-3-5-7-15/h3-7,14,16-19,24-25H,8-13H2,1-2H3,(H,22,27)(H,23,26)/t14-,16-,17+,18?,19?/m0/s1. The summed E-state index contributed by atoms with van der Waals surface area (Å²) in [6.07, 6.45) is 3.33. The van der Waals surface area contributed by atoms with E-state index in [1.54, 1.807) is 7.11 Å². The molecule has 1 saturated heterocycles. The first-order chi connectivity index (χ1) is 14.0. The van der Waals surface area contributed by atoms with Gasteiger partial charge in [-0.3, -0.25) is 10.2 Å². The lowest BCUT2D eigenvalue weighted by Crippen LogP contribution is -2.45. The fraction of sp³-hybridized carbons (Fsp3) is 0.619. The summed E-state index contributed by atoms with van der Waals surface area (Å²) in [6.45, 7) is 2.33. The van der Waals surface area contributed by atoms with Gasteiger partial charge in [0.05, 0.1) is 25.2 Å². The van der Waals surface area contributed by atoms with Crippen molar-refractivity contribution in [2.75, 3.05) is 13.7 Å². The highest BCUT2D eigenvalue weighted by Gasteiger charge is 2.37. The van der Waals surface area contributed by atoms with Gasteiger partial charge in [-0.25, -0.2) is 10.2 Å². The highest BCUT2D eigenvalue weighted by molar-refractivity contribution is 5.78. The minimum atomic E-state index is -0.385. The van der Waals surface area contributed by atoms with Crippen LogP contribution in [-0.4, -0.2) is 50.1 Å². The van der Waals surface area contributed by atoms with E-state index in [2.05, 4.69) is 21.5 Å². The summed E-state index contributed by atoms with van der Waals surface area (Å²) >= 11 is 0. The topological polar surface area (TPSA) is 101 Å². The van der Waals surface area contributed by atoms with E-state index in [9.17, 15) is 9.59 Å². The molecule has 5 atom stereocenters. The Balaban J connectivity index is 1.37. The third kappa shape index (κ3) is 6.69. The normalized spacial score (nSPS) is 27.4. The summed E-state index contributed by atoms with van der Waals surface area (Å²) in [7, 11) is 1.60. The second-order valence-electron chi connectivity index (χ2n) is 8.01. The van der Waals surface area contributed by atoms with E-state index in [1.165, 1.54) is 0 Å². The van der Waals surface area contributed by atoms with Crippen LogP contribution in [0.15, 0.2) is 30.3 Å². The van der Waals surface area contributed by atoms with Crippen LogP contribution in [0.2, 0.25) is 0 Å². The zero-order chi connectivity index (χ0) is 20.6. The molecule has 0 aromatic heterocycles. The van der Waals surface area contributed by atoms with Crippen LogP contribution in [0.25, 0.3) is 0 Å². The van der Waals surface area contributed by atoms with Crippen LogP contribution in [0.5, 0.6) is 0 Å². The second kappa shape index (κ2) is 10.6. The largest absolute Gasteiger partial charge is 0.446 e. The van der Waals surface area contributed by atoms with Crippen LogP contribution in [-0.2, 0) is 20.7 Å². The van der Waals surface area contributed by atoms with E-state index in [1.807, 2.05) is 37.3 Å². The molecule has 4 N–H and O–H groups in total. The Morgan fingerprint density at radius 3 is 2.72 bits per heavy atom. The van der Waals surface area contributed by atoms with Crippen molar-refractivity contribution in [3.63, 3.8) is 0 Å². The molecule has 29 heavy (non-hydrogen) atoms. The molecule has 0 bridgehead atoms. The Bertz CT molecular complexity index is 672. The molecule has 2 fully saturated rings. The Hall–Kier alpha value is -2.16. The SMILES string of the molecule is COC[C@H](C)NC(=O)O[C@@H]1CC[C@H](C2CC(NC(=O)Cc3ccccc3)NN2)C1. The summed E-state index contributed by atoms with van der Waals surface area (Å²) in [5, 5.41) is 5.82. The van der Waals surface area contributed by atoms with E-state index in [4.69, 9.17) is 9.47 Å². The smallest absolute Gasteiger partial charge is 0.407 e. The molecule has 2 amide bonds. The van der Waals surface area contributed by atoms with Crippen LogP contribution in [0.3, 0.4) is 0 Å². The fourth-order valence-corrected chi connectivity index (χ4v) is 4.14. The second-order valence-corrected chi connectivity index (χ2v) is 8.01. The number of amides is 2. The van der Waals surface area contributed by atoms with Gasteiger partial charge >= 0.3 is 6.09 Å². The lowest BCUT2D eigenvalue weighted by Gasteiger charge is -2.19. The van der Waals surface area contributed by atoms with Crippen molar-refractivity contribution in [3.05, 3.63) is 35.9 Å². The number of ether oxygens (including phenoxy) is 2. The van der Waals surface area contributed by atoms with Gasteiger partial charge in [0, 0.05) is 13.2 Å². The fourth-order valence-electron chi connectivity index (χ4n) is 4.14. The van der Waals surface area contributed by atoms with Gasteiger partial charge in [0.1, 0.15) is 6.10 Å². The Kier molecular flexibility index (Phi) is 7.85. The zero-order valence-corrected chi connectivity index (χ0v) is 17.1. The van der Waals surface area contributed by atoms with Crippen molar-refractivity contribution in [2.24, 2.45) is 5.92 Å². The molecule has 1 aliphatic carbocycles. The number of alkyl carbamates (subject to hydrolysis) is 1. The number of rotatable bonds is 8. The molecule has 160 valence electrons. The molecule has 1 aromatic carbocycles. The molecule has 0 radical (unpaired) electrons. The molecular weight excluding hydrogens is 372 g/mol. The third-order valence-corrected chi connectivity index (χ3v) is 5.52. The molecule has 2 aliphatic rings. The summed E-state index contributed by atoms with van der Waals surface area (Å²) < 4.78 is 10.6. The van der Waals surface area contributed by atoms with Crippen LogP contribution >= 0.6 is 0 Å². The van der Waals surface area contributed by atoms with Crippen molar-refractivity contribution >= 4 is 12.0 Å². The van der Waals surface area contributed by atoms with E-state index in [0.29, 0.717) is 18.9 Å². The number of nitrogens with one attached hydrogen (secondary N) is 4. The maximum Gasteiger partial charge on any atom is 0.407 e. The van der Waals surface area contributed by atoms with E-state index < -0.39 is 0 Å². The van der Waals surface area contributed by atoms with Gasteiger partial charge in [-0.05, 0) is 44.1 Å². The van der Waals surface area contributed by atoms with Crippen molar-refractivity contribution < 1.29 is 19.1 Å². The highest BCUT2D eigenvalue weighted by atomic mass is 16.6. The minimum absolute atomic E-state index is 0.00521. The van der Waals surface area contributed by atoms with Gasteiger partial charge in [-0.1, -0.05) is 30.3 Å². The average Bonchev–Trinajstić information content (AvgIpc) is 3.32. The molecule has 1 saturated carbocycles. The first-order valence-corrected chi connectivity index (χ1v) is 10.3. The Morgan fingerprint density at radius 1 is 1.17 bits per heavy atom. The first-order valence-electron chi connectivity index (χ1n) is 10.3. The number of carbonyl (C=O) groups excluding carboxylic acids is 2. The quantitative estimate of drug-likeness (QED) is 0.524. The van der Waals surface area contributed by atoms with Gasteiger partial charge in [0.15, 0.2) is 0 Å².